The minimum absolute atomic E-state index is 0.0443. The minimum Gasteiger partial charge on any atom is -0.353 e. The molecule has 102 valence electrons. The van der Waals surface area contributed by atoms with E-state index < -0.39 is 0 Å². The molecule has 0 bridgehead atoms. The fourth-order valence-electron chi connectivity index (χ4n) is 1.47. The van der Waals surface area contributed by atoms with Gasteiger partial charge in [0.25, 0.3) is 0 Å². The molecule has 19 heavy (non-hydrogen) atoms. The van der Waals surface area contributed by atoms with E-state index >= 15 is 0 Å². The third-order valence-corrected chi connectivity index (χ3v) is 3.62. The zero-order valence-corrected chi connectivity index (χ0v) is 12.5. The normalized spacial score (nSPS) is 11.7. The van der Waals surface area contributed by atoms with Crippen molar-refractivity contribution in [2.75, 3.05) is 5.75 Å². The van der Waals surface area contributed by atoms with E-state index in [2.05, 4.69) is 21.4 Å². The van der Waals surface area contributed by atoms with E-state index in [1.165, 1.54) is 11.8 Å². The minimum atomic E-state index is -0.0443. The molecule has 0 fully saturated rings. The second kappa shape index (κ2) is 7.10. The summed E-state index contributed by atoms with van der Waals surface area (Å²) in [5.41, 5.74) is 1.10. The summed E-state index contributed by atoms with van der Waals surface area (Å²) in [5.74, 6) is 0.827. The van der Waals surface area contributed by atoms with Crippen LogP contribution in [0.5, 0.6) is 0 Å². The number of thioether (sulfide) groups is 1. The number of hydrogen-bond acceptors (Lipinski definition) is 5. The van der Waals surface area contributed by atoms with Gasteiger partial charge in [0.05, 0.1) is 11.4 Å². The van der Waals surface area contributed by atoms with Gasteiger partial charge in [0.1, 0.15) is 22.5 Å². The molecule has 0 spiro atoms. The van der Waals surface area contributed by atoms with Crippen LogP contribution in [0, 0.1) is 25.2 Å². The number of rotatable bonds is 5. The molecule has 1 aromatic heterocycles. The van der Waals surface area contributed by atoms with Gasteiger partial charge in [-0.1, -0.05) is 18.7 Å². The fraction of sp³-hybridized carbons (Fsp3) is 0.538. The molecule has 6 heteroatoms. The maximum absolute atomic E-state index is 11.7. The van der Waals surface area contributed by atoms with Crippen LogP contribution in [0.2, 0.25) is 0 Å². The molecule has 0 saturated carbocycles. The summed E-state index contributed by atoms with van der Waals surface area (Å²) in [7, 11) is 0. The molecule has 1 aromatic rings. The Morgan fingerprint density at radius 1 is 1.47 bits per heavy atom. The van der Waals surface area contributed by atoms with Crippen LogP contribution in [-0.4, -0.2) is 27.7 Å². The SMILES string of the molecule is CCC(C)NC(=O)CSc1nc(C)nc(C)c1C#N. The zero-order chi connectivity index (χ0) is 14.4. The molecule has 1 heterocycles. The Morgan fingerprint density at radius 2 is 2.16 bits per heavy atom. The zero-order valence-electron chi connectivity index (χ0n) is 11.6. The topological polar surface area (TPSA) is 78.7 Å². The number of nitriles is 1. The lowest BCUT2D eigenvalue weighted by Gasteiger charge is -2.11. The average molecular weight is 278 g/mol. The molecule has 1 rings (SSSR count). The quantitative estimate of drug-likeness (QED) is 0.658. The van der Waals surface area contributed by atoms with Crippen LogP contribution < -0.4 is 5.32 Å². The first-order valence-electron chi connectivity index (χ1n) is 6.15. The van der Waals surface area contributed by atoms with Gasteiger partial charge in [-0.05, 0) is 27.2 Å². The van der Waals surface area contributed by atoms with E-state index in [0.29, 0.717) is 22.1 Å². The van der Waals surface area contributed by atoms with Crippen LogP contribution in [0.1, 0.15) is 37.4 Å². The Hall–Kier alpha value is -1.61. The molecule has 0 radical (unpaired) electrons. The number of carbonyl (C=O) groups is 1. The van der Waals surface area contributed by atoms with Gasteiger partial charge in [-0.15, -0.1) is 0 Å². The third-order valence-electron chi connectivity index (χ3n) is 2.64. The maximum atomic E-state index is 11.7. The lowest BCUT2D eigenvalue weighted by Crippen LogP contribution is -2.33. The highest BCUT2D eigenvalue weighted by atomic mass is 32.2. The summed E-state index contributed by atoms with van der Waals surface area (Å²) < 4.78 is 0. The van der Waals surface area contributed by atoms with Crippen LogP contribution in [0.4, 0.5) is 0 Å². The molecule has 1 atom stereocenters. The van der Waals surface area contributed by atoms with Crippen LogP contribution in [0.3, 0.4) is 0 Å². The fourth-order valence-corrected chi connectivity index (χ4v) is 2.35. The highest BCUT2D eigenvalue weighted by molar-refractivity contribution is 8.00. The molecule has 1 amide bonds. The van der Waals surface area contributed by atoms with E-state index in [9.17, 15) is 4.79 Å². The Labute approximate surface area is 117 Å². The van der Waals surface area contributed by atoms with Crippen molar-refractivity contribution in [3.05, 3.63) is 17.1 Å². The number of carbonyl (C=O) groups excluding carboxylic acids is 1. The number of hydrogen-bond donors (Lipinski definition) is 1. The largest absolute Gasteiger partial charge is 0.353 e. The van der Waals surface area contributed by atoms with Crippen molar-refractivity contribution >= 4 is 17.7 Å². The monoisotopic (exact) mass is 278 g/mol. The molecular formula is C13H18N4OS. The molecule has 0 saturated heterocycles. The standard InChI is InChI=1S/C13H18N4OS/c1-5-8(2)15-12(18)7-19-13-11(6-14)9(3)16-10(4)17-13/h8H,5,7H2,1-4H3,(H,15,18). The number of amides is 1. The van der Waals surface area contributed by atoms with Gasteiger partial charge in [0, 0.05) is 6.04 Å². The lowest BCUT2D eigenvalue weighted by atomic mass is 10.2. The smallest absolute Gasteiger partial charge is 0.230 e. The number of aryl methyl sites for hydroxylation is 2. The summed E-state index contributed by atoms with van der Waals surface area (Å²) in [6.45, 7) is 7.53. The Morgan fingerprint density at radius 3 is 2.74 bits per heavy atom. The van der Waals surface area contributed by atoms with Gasteiger partial charge in [0.2, 0.25) is 5.91 Å². The van der Waals surface area contributed by atoms with E-state index in [1.807, 2.05) is 13.8 Å². The first kappa shape index (κ1) is 15.4. The van der Waals surface area contributed by atoms with Crippen LogP contribution in [0.15, 0.2) is 5.03 Å². The number of nitrogens with one attached hydrogen (secondary N) is 1. The summed E-state index contributed by atoms with van der Waals surface area (Å²) >= 11 is 1.27. The van der Waals surface area contributed by atoms with E-state index in [1.54, 1.807) is 13.8 Å². The Kier molecular flexibility index (Phi) is 5.77. The van der Waals surface area contributed by atoms with Gasteiger partial charge < -0.3 is 5.32 Å². The highest BCUT2D eigenvalue weighted by Crippen LogP contribution is 2.21. The van der Waals surface area contributed by atoms with Crippen molar-refractivity contribution in [1.29, 1.82) is 5.26 Å². The predicted molar refractivity (Wildman–Crippen MR) is 74.8 cm³/mol. The van der Waals surface area contributed by atoms with Crippen LogP contribution in [-0.2, 0) is 4.79 Å². The summed E-state index contributed by atoms with van der Waals surface area (Å²) in [4.78, 5) is 20.1. The van der Waals surface area contributed by atoms with Crippen molar-refractivity contribution in [2.45, 2.75) is 45.2 Å². The second-order valence-electron chi connectivity index (χ2n) is 4.31. The lowest BCUT2D eigenvalue weighted by molar-refractivity contribution is -0.119. The first-order valence-corrected chi connectivity index (χ1v) is 7.14. The van der Waals surface area contributed by atoms with Crippen molar-refractivity contribution in [3.8, 4) is 6.07 Å². The van der Waals surface area contributed by atoms with Crippen LogP contribution in [0.25, 0.3) is 0 Å². The molecule has 0 aliphatic rings. The Balaban J connectivity index is 2.73. The predicted octanol–water partition coefficient (Wildman–Crippen LogP) is 1.97. The molecule has 0 aliphatic heterocycles. The van der Waals surface area contributed by atoms with Crippen LogP contribution >= 0.6 is 11.8 Å². The van der Waals surface area contributed by atoms with Crippen molar-refractivity contribution < 1.29 is 4.79 Å². The summed E-state index contributed by atoms with van der Waals surface area (Å²) in [5, 5.41) is 12.6. The van der Waals surface area contributed by atoms with Gasteiger partial charge in [0.15, 0.2) is 0 Å². The van der Waals surface area contributed by atoms with Crippen molar-refractivity contribution in [3.63, 3.8) is 0 Å². The van der Waals surface area contributed by atoms with Gasteiger partial charge in [-0.3, -0.25) is 4.79 Å². The number of nitrogens with zero attached hydrogens (tertiary/aromatic N) is 3. The Bertz CT molecular complexity index is 510. The van der Waals surface area contributed by atoms with E-state index in [0.717, 1.165) is 6.42 Å². The molecule has 0 aromatic carbocycles. The summed E-state index contributed by atoms with van der Waals surface area (Å²) in [6.07, 6.45) is 0.894. The van der Waals surface area contributed by atoms with E-state index in [-0.39, 0.29) is 17.7 Å². The maximum Gasteiger partial charge on any atom is 0.230 e. The third kappa shape index (κ3) is 4.52. The van der Waals surface area contributed by atoms with Gasteiger partial charge >= 0.3 is 0 Å². The van der Waals surface area contributed by atoms with E-state index in [4.69, 9.17) is 5.26 Å². The van der Waals surface area contributed by atoms with Crippen molar-refractivity contribution in [2.24, 2.45) is 0 Å². The van der Waals surface area contributed by atoms with Gasteiger partial charge in [-0.2, -0.15) is 5.26 Å². The number of aromatic nitrogens is 2. The first-order chi connectivity index (χ1) is 8.97. The molecule has 5 nitrogen and oxygen atoms in total. The average Bonchev–Trinajstić information content (AvgIpc) is 2.35. The van der Waals surface area contributed by atoms with Gasteiger partial charge in [-0.25, -0.2) is 9.97 Å². The summed E-state index contributed by atoms with van der Waals surface area (Å²) in [6, 6.07) is 2.25. The highest BCUT2D eigenvalue weighted by Gasteiger charge is 2.13. The molecule has 0 aliphatic carbocycles. The second-order valence-corrected chi connectivity index (χ2v) is 5.28. The molecule has 1 N–H and O–H groups in total. The molecule has 1 unspecified atom stereocenters. The molecular weight excluding hydrogens is 260 g/mol. The van der Waals surface area contributed by atoms with Crippen molar-refractivity contribution in [1.82, 2.24) is 15.3 Å².